The maximum atomic E-state index is 12.6. The number of aryl methyl sites for hydroxylation is 2. The van der Waals surface area contributed by atoms with Crippen LogP contribution >= 0.6 is 0 Å². The van der Waals surface area contributed by atoms with Crippen LogP contribution < -0.4 is 4.74 Å². The number of benzene rings is 2. The van der Waals surface area contributed by atoms with Crippen molar-refractivity contribution in [3.63, 3.8) is 0 Å². The molecule has 2 rings (SSSR count). The zero-order valence-corrected chi connectivity index (χ0v) is 11.8. The number of halogens is 3. The second-order valence-corrected chi connectivity index (χ2v) is 4.86. The van der Waals surface area contributed by atoms with E-state index in [-0.39, 0.29) is 5.75 Å². The monoisotopic (exact) mass is 311 g/mol. The van der Waals surface area contributed by atoms with Crippen molar-refractivity contribution in [3.05, 3.63) is 63.2 Å². The average Bonchev–Trinajstić information content (AvgIpc) is 2.36. The van der Waals surface area contributed by atoms with Gasteiger partial charge < -0.3 is 4.74 Å². The van der Waals surface area contributed by atoms with E-state index in [0.717, 1.165) is 23.3 Å². The average molecular weight is 311 g/mol. The highest BCUT2D eigenvalue weighted by Crippen LogP contribution is 2.38. The van der Waals surface area contributed by atoms with Crippen LogP contribution in [0.5, 0.6) is 11.5 Å². The lowest BCUT2D eigenvalue weighted by Crippen LogP contribution is -2.06. The lowest BCUT2D eigenvalue weighted by molar-refractivity contribution is -0.385. The molecule has 0 N–H and O–H groups in total. The first kappa shape index (κ1) is 15.8. The molecule has 0 fully saturated rings. The number of alkyl halides is 3. The third-order valence-electron chi connectivity index (χ3n) is 2.91. The Morgan fingerprint density at radius 1 is 1.05 bits per heavy atom. The summed E-state index contributed by atoms with van der Waals surface area (Å²) < 4.78 is 43.3. The van der Waals surface area contributed by atoms with Crippen molar-refractivity contribution in [2.45, 2.75) is 20.0 Å². The predicted molar refractivity (Wildman–Crippen MR) is 74.1 cm³/mol. The van der Waals surface area contributed by atoms with Crippen LogP contribution in [0.15, 0.2) is 36.4 Å². The smallest absolute Gasteiger partial charge is 0.416 e. The topological polar surface area (TPSA) is 52.4 Å². The van der Waals surface area contributed by atoms with Crippen molar-refractivity contribution < 1.29 is 22.8 Å². The van der Waals surface area contributed by atoms with Crippen molar-refractivity contribution in [2.24, 2.45) is 0 Å². The quantitative estimate of drug-likeness (QED) is 0.590. The third kappa shape index (κ3) is 3.55. The highest BCUT2D eigenvalue weighted by Gasteiger charge is 2.33. The van der Waals surface area contributed by atoms with Gasteiger partial charge in [-0.05, 0) is 49.2 Å². The van der Waals surface area contributed by atoms with Crippen LogP contribution in [-0.4, -0.2) is 4.92 Å². The number of nitro benzene ring substituents is 1. The van der Waals surface area contributed by atoms with E-state index in [1.165, 1.54) is 0 Å². The fourth-order valence-corrected chi connectivity index (χ4v) is 2.04. The minimum atomic E-state index is -4.65. The summed E-state index contributed by atoms with van der Waals surface area (Å²) >= 11 is 0. The molecule has 0 radical (unpaired) electrons. The summed E-state index contributed by atoms with van der Waals surface area (Å²) in [5, 5.41) is 11.0. The Morgan fingerprint density at radius 3 is 2.14 bits per heavy atom. The van der Waals surface area contributed by atoms with E-state index in [1.807, 2.05) is 19.9 Å². The van der Waals surface area contributed by atoms with Gasteiger partial charge in [-0.15, -0.1) is 0 Å². The first-order valence-corrected chi connectivity index (χ1v) is 6.28. The minimum Gasteiger partial charge on any atom is -0.450 e. The van der Waals surface area contributed by atoms with E-state index in [4.69, 9.17) is 4.74 Å². The summed E-state index contributed by atoms with van der Waals surface area (Å²) in [5.74, 6) is 0.100. The normalized spacial score (nSPS) is 11.3. The molecule has 0 spiro atoms. The summed E-state index contributed by atoms with van der Waals surface area (Å²) in [6.07, 6.45) is -4.65. The molecule has 116 valence electrons. The Kier molecular flexibility index (Phi) is 4.07. The fraction of sp³-hybridized carbons (Fsp3) is 0.200. The zero-order chi connectivity index (χ0) is 16.5. The maximum Gasteiger partial charge on any atom is 0.416 e. The van der Waals surface area contributed by atoms with E-state index in [2.05, 4.69) is 0 Å². The van der Waals surface area contributed by atoms with Crippen molar-refractivity contribution in [3.8, 4) is 11.5 Å². The van der Waals surface area contributed by atoms with Crippen LogP contribution in [0.1, 0.15) is 16.7 Å². The van der Waals surface area contributed by atoms with E-state index in [1.54, 1.807) is 12.1 Å². The van der Waals surface area contributed by atoms with Crippen molar-refractivity contribution in [1.29, 1.82) is 0 Å². The van der Waals surface area contributed by atoms with Crippen molar-refractivity contribution in [1.82, 2.24) is 0 Å². The molecule has 0 aliphatic carbocycles. The van der Waals surface area contributed by atoms with Gasteiger partial charge in [0.2, 0.25) is 5.75 Å². The summed E-state index contributed by atoms with van der Waals surface area (Å²) in [7, 11) is 0. The molecule has 2 aromatic rings. The molecule has 0 aromatic heterocycles. The lowest BCUT2D eigenvalue weighted by Gasteiger charge is -2.11. The van der Waals surface area contributed by atoms with Crippen LogP contribution in [0.4, 0.5) is 18.9 Å². The Morgan fingerprint density at radius 2 is 1.64 bits per heavy atom. The summed E-state index contributed by atoms with van der Waals surface area (Å²) in [6, 6.07) is 7.36. The van der Waals surface area contributed by atoms with Gasteiger partial charge in [-0.2, -0.15) is 13.2 Å². The third-order valence-corrected chi connectivity index (χ3v) is 2.91. The molecule has 0 unspecified atom stereocenters. The van der Waals surface area contributed by atoms with Gasteiger partial charge in [-0.25, -0.2) is 0 Å². The SMILES string of the molecule is Cc1cc(C)cc(Oc2ccc(C(F)(F)F)cc2[N+](=O)[O-])c1. The maximum absolute atomic E-state index is 12.6. The molecule has 0 atom stereocenters. The lowest BCUT2D eigenvalue weighted by atomic mass is 10.1. The first-order chi connectivity index (χ1) is 10.2. The number of ether oxygens (including phenoxy) is 1. The predicted octanol–water partition coefficient (Wildman–Crippen LogP) is 5.02. The molecule has 22 heavy (non-hydrogen) atoms. The fourth-order valence-electron chi connectivity index (χ4n) is 2.04. The molecule has 0 aliphatic heterocycles. The van der Waals surface area contributed by atoms with Gasteiger partial charge in [0.05, 0.1) is 10.5 Å². The van der Waals surface area contributed by atoms with Crippen LogP contribution in [0, 0.1) is 24.0 Å². The number of hydrogen-bond acceptors (Lipinski definition) is 3. The molecule has 4 nitrogen and oxygen atoms in total. The summed E-state index contributed by atoms with van der Waals surface area (Å²) in [4.78, 5) is 10.1. The first-order valence-electron chi connectivity index (χ1n) is 6.28. The van der Waals surface area contributed by atoms with Gasteiger partial charge in [0.1, 0.15) is 5.75 Å². The van der Waals surface area contributed by atoms with E-state index in [9.17, 15) is 23.3 Å². The molecule has 0 bridgehead atoms. The molecule has 0 saturated carbocycles. The van der Waals surface area contributed by atoms with Gasteiger partial charge in [-0.3, -0.25) is 10.1 Å². The number of nitrogens with zero attached hydrogens (tertiary/aromatic N) is 1. The van der Waals surface area contributed by atoms with Crippen molar-refractivity contribution >= 4 is 5.69 Å². The number of hydrogen-bond donors (Lipinski definition) is 0. The summed E-state index contributed by atoms with van der Waals surface area (Å²) in [5.41, 5.74) is -0.0601. The van der Waals surface area contributed by atoms with Gasteiger partial charge >= 0.3 is 11.9 Å². The van der Waals surface area contributed by atoms with Gasteiger partial charge in [0.15, 0.2) is 0 Å². The van der Waals surface area contributed by atoms with Crippen LogP contribution in [0.25, 0.3) is 0 Å². The molecule has 0 amide bonds. The Hall–Kier alpha value is -2.57. The highest BCUT2D eigenvalue weighted by molar-refractivity contribution is 5.51. The largest absolute Gasteiger partial charge is 0.450 e. The Labute approximate surface area is 124 Å². The van der Waals surface area contributed by atoms with Crippen molar-refractivity contribution in [2.75, 3.05) is 0 Å². The van der Waals surface area contributed by atoms with E-state index >= 15 is 0 Å². The Balaban J connectivity index is 2.44. The second-order valence-electron chi connectivity index (χ2n) is 4.86. The molecular weight excluding hydrogens is 299 g/mol. The molecule has 2 aromatic carbocycles. The number of nitro groups is 1. The standard InChI is InChI=1S/C15H12F3NO3/c1-9-5-10(2)7-12(6-9)22-14-4-3-11(15(16,17)18)8-13(14)19(20)21/h3-8H,1-2H3. The minimum absolute atomic E-state index is 0.233. The molecule has 7 heteroatoms. The molecule has 0 aliphatic rings. The van der Waals surface area contributed by atoms with Gasteiger partial charge in [0.25, 0.3) is 0 Å². The number of rotatable bonds is 3. The van der Waals surface area contributed by atoms with Gasteiger partial charge in [-0.1, -0.05) is 6.07 Å². The van der Waals surface area contributed by atoms with Crippen LogP contribution in [0.3, 0.4) is 0 Å². The van der Waals surface area contributed by atoms with E-state index in [0.29, 0.717) is 11.8 Å². The Bertz CT molecular complexity index is 706. The van der Waals surface area contributed by atoms with E-state index < -0.39 is 22.4 Å². The van der Waals surface area contributed by atoms with Crippen LogP contribution in [-0.2, 0) is 6.18 Å². The molecule has 0 saturated heterocycles. The van der Waals surface area contributed by atoms with Gasteiger partial charge in [0, 0.05) is 6.07 Å². The molecule has 0 heterocycles. The highest BCUT2D eigenvalue weighted by atomic mass is 19.4. The van der Waals surface area contributed by atoms with Crippen LogP contribution in [0.2, 0.25) is 0 Å². The second kappa shape index (κ2) is 5.67. The molecular formula is C15H12F3NO3. The summed E-state index contributed by atoms with van der Waals surface area (Å²) in [6.45, 7) is 3.64. The zero-order valence-electron chi connectivity index (χ0n) is 11.8.